The van der Waals surface area contributed by atoms with Gasteiger partial charge in [0.2, 0.25) is 0 Å². The van der Waals surface area contributed by atoms with Gasteiger partial charge >= 0.3 is 0 Å². The van der Waals surface area contributed by atoms with Crippen LogP contribution in [0.25, 0.3) is 0 Å². The fourth-order valence-corrected chi connectivity index (χ4v) is 4.73. The van der Waals surface area contributed by atoms with Gasteiger partial charge in [-0.05, 0) is 48.4 Å². The lowest BCUT2D eigenvalue weighted by Gasteiger charge is -2.50. The van der Waals surface area contributed by atoms with Crippen LogP contribution in [0.4, 0.5) is 15.8 Å². The number of halogens is 2. The summed E-state index contributed by atoms with van der Waals surface area (Å²) in [5.41, 5.74) is 0.369. The van der Waals surface area contributed by atoms with E-state index in [1.807, 2.05) is 0 Å². The summed E-state index contributed by atoms with van der Waals surface area (Å²) in [6, 6.07) is 12.0. The largest absolute Gasteiger partial charge is 0.300 e. The Morgan fingerprint density at radius 2 is 1.65 bits per heavy atom. The number of anilines is 1. The Morgan fingerprint density at radius 3 is 2.35 bits per heavy atom. The average molecular weight is 480 g/mol. The van der Waals surface area contributed by atoms with Gasteiger partial charge in [-0.25, -0.2) is 4.39 Å². The Balaban J connectivity index is 1.64. The zero-order valence-corrected chi connectivity index (χ0v) is 18.3. The monoisotopic (exact) mass is 479 g/mol. The lowest BCUT2D eigenvalue weighted by molar-refractivity contribution is -0.385. The molecule has 8 nitrogen and oxygen atoms in total. The van der Waals surface area contributed by atoms with Crippen LogP contribution >= 0.6 is 11.6 Å². The molecule has 34 heavy (non-hydrogen) atoms. The number of benzene rings is 3. The fraction of sp³-hybridized carbons (Fsp3) is 0.125. The highest BCUT2D eigenvalue weighted by Gasteiger charge is 2.58. The molecule has 5 rings (SSSR count). The van der Waals surface area contributed by atoms with E-state index in [0.29, 0.717) is 21.8 Å². The Kier molecular flexibility index (Phi) is 4.94. The number of hydrogen-bond donors (Lipinski definition) is 0. The number of nitro benzene ring substituents is 1. The highest BCUT2D eigenvalue weighted by Crippen LogP contribution is 2.46. The first kappa shape index (κ1) is 21.7. The lowest BCUT2D eigenvalue weighted by atomic mass is 9.85. The van der Waals surface area contributed by atoms with E-state index < -0.39 is 46.2 Å². The molecule has 3 amide bonds. The predicted molar refractivity (Wildman–Crippen MR) is 120 cm³/mol. The molecule has 1 fully saturated rings. The van der Waals surface area contributed by atoms with E-state index in [9.17, 15) is 28.9 Å². The van der Waals surface area contributed by atoms with Crippen molar-refractivity contribution in [1.29, 1.82) is 0 Å². The zero-order valence-electron chi connectivity index (χ0n) is 17.6. The van der Waals surface area contributed by atoms with Crippen LogP contribution in [0.2, 0.25) is 5.02 Å². The van der Waals surface area contributed by atoms with Gasteiger partial charge in [0.05, 0.1) is 16.5 Å². The second kappa shape index (κ2) is 7.74. The lowest BCUT2D eigenvalue weighted by Crippen LogP contribution is -2.67. The van der Waals surface area contributed by atoms with E-state index in [4.69, 9.17) is 11.6 Å². The van der Waals surface area contributed by atoms with Crippen molar-refractivity contribution in [2.24, 2.45) is 0 Å². The minimum absolute atomic E-state index is 0.151. The predicted octanol–water partition coefficient (Wildman–Crippen LogP) is 4.45. The molecule has 0 radical (unpaired) electrons. The van der Waals surface area contributed by atoms with Gasteiger partial charge < -0.3 is 4.90 Å². The van der Waals surface area contributed by atoms with Gasteiger partial charge in [0.15, 0.2) is 0 Å². The molecule has 0 aromatic heterocycles. The number of β-lactam (4-membered cyclic amide) rings is 1. The fourth-order valence-electron chi connectivity index (χ4n) is 4.56. The highest BCUT2D eigenvalue weighted by atomic mass is 35.5. The van der Waals surface area contributed by atoms with Crippen LogP contribution in [0.1, 0.15) is 37.9 Å². The standard InChI is InChI=1S/C24H15ClFN3O5/c1-12-16(25)8-4-9-17(12)27-20(13-5-2-6-14(26)11-13)21(24(27)32)28-22(30)15-7-3-10-18(29(33)34)19(15)23(28)31/h2-11,20-21H,1H3. The molecule has 0 aliphatic carbocycles. The Labute approximate surface area is 197 Å². The normalized spacial score (nSPS) is 19.3. The van der Waals surface area contributed by atoms with Gasteiger partial charge in [0.1, 0.15) is 17.4 Å². The number of hydrogen-bond acceptors (Lipinski definition) is 5. The summed E-state index contributed by atoms with van der Waals surface area (Å²) in [6.45, 7) is 1.71. The van der Waals surface area contributed by atoms with Crippen molar-refractivity contribution in [2.75, 3.05) is 4.90 Å². The second-order valence-electron chi connectivity index (χ2n) is 7.97. The minimum Gasteiger partial charge on any atom is -0.300 e. The van der Waals surface area contributed by atoms with Gasteiger partial charge in [0, 0.05) is 16.8 Å². The van der Waals surface area contributed by atoms with Crippen LogP contribution in [-0.4, -0.2) is 33.6 Å². The third-order valence-corrected chi connectivity index (χ3v) is 6.57. The molecule has 10 heteroatoms. The molecule has 0 bridgehead atoms. The summed E-state index contributed by atoms with van der Waals surface area (Å²) >= 11 is 6.24. The number of amides is 3. The first-order chi connectivity index (χ1) is 16.2. The van der Waals surface area contributed by atoms with Gasteiger partial charge in [-0.2, -0.15) is 0 Å². The SMILES string of the molecule is Cc1c(Cl)cccc1N1C(=O)C(N2C(=O)c3cccc([N+](=O)[O-])c3C2=O)C1c1cccc(F)c1. The van der Waals surface area contributed by atoms with E-state index in [-0.39, 0.29) is 11.1 Å². The molecule has 2 aliphatic rings. The molecule has 2 unspecified atom stereocenters. The third kappa shape index (κ3) is 3.01. The quantitative estimate of drug-likeness (QED) is 0.238. The number of carbonyl (C=O) groups excluding carboxylic acids is 3. The highest BCUT2D eigenvalue weighted by molar-refractivity contribution is 6.32. The average Bonchev–Trinajstić information content (AvgIpc) is 3.05. The summed E-state index contributed by atoms with van der Waals surface area (Å²) in [5, 5.41) is 11.9. The van der Waals surface area contributed by atoms with Gasteiger partial charge in [-0.3, -0.25) is 29.4 Å². The number of nitro groups is 1. The number of rotatable bonds is 4. The molecule has 3 aromatic rings. The maximum Gasteiger partial charge on any atom is 0.282 e. The van der Waals surface area contributed by atoms with Crippen LogP contribution in [-0.2, 0) is 4.79 Å². The summed E-state index contributed by atoms with van der Waals surface area (Å²) in [5.74, 6) is -2.89. The van der Waals surface area contributed by atoms with Crippen LogP contribution in [0.15, 0.2) is 60.7 Å². The summed E-state index contributed by atoms with van der Waals surface area (Å²) in [7, 11) is 0. The number of imide groups is 1. The molecular weight excluding hydrogens is 465 g/mol. The molecule has 0 saturated carbocycles. The second-order valence-corrected chi connectivity index (χ2v) is 8.38. The van der Waals surface area contributed by atoms with Crippen LogP contribution < -0.4 is 4.90 Å². The van der Waals surface area contributed by atoms with E-state index in [1.165, 1.54) is 35.2 Å². The van der Waals surface area contributed by atoms with E-state index >= 15 is 0 Å². The molecule has 0 N–H and O–H groups in total. The molecular formula is C24H15ClFN3O5. The minimum atomic E-state index is -1.31. The van der Waals surface area contributed by atoms with Crippen LogP contribution in [0.5, 0.6) is 0 Å². The first-order valence-electron chi connectivity index (χ1n) is 10.2. The summed E-state index contributed by atoms with van der Waals surface area (Å²) in [4.78, 5) is 52.7. The number of nitrogens with zero attached hydrogens (tertiary/aromatic N) is 3. The molecule has 1 saturated heterocycles. The molecule has 170 valence electrons. The Morgan fingerprint density at radius 1 is 0.941 bits per heavy atom. The van der Waals surface area contributed by atoms with Crippen molar-refractivity contribution in [3.63, 3.8) is 0 Å². The van der Waals surface area contributed by atoms with Crippen molar-refractivity contribution < 1.29 is 23.7 Å². The first-order valence-corrected chi connectivity index (χ1v) is 10.6. The van der Waals surface area contributed by atoms with Crippen molar-refractivity contribution in [2.45, 2.75) is 19.0 Å². The van der Waals surface area contributed by atoms with E-state index in [2.05, 4.69) is 0 Å². The molecule has 2 aliphatic heterocycles. The Hall–Kier alpha value is -4.11. The van der Waals surface area contributed by atoms with Crippen molar-refractivity contribution in [3.05, 3.63) is 104 Å². The summed E-state index contributed by atoms with van der Waals surface area (Å²) < 4.78 is 14.1. The van der Waals surface area contributed by atoms with Crippen molar-refractivity contribution in [3.8, 4) is 0 Å². The maximum absolute atomic E-state index is 14.1. The molecule has 2 heterocycles. The summed E-state index contributed by atoms with van der Waals surface area (Å²) in [6.07, 6.45) is 0. The van der Waals surface area contributed by atoms with E-state index in [1.54, 1.807) is 31.2 Å². The zero-order chi connectivity index (χ0) is 24.3. The molecule has 0 spiro atoms. The number of carbonyl (C=O) groups is 3. The number of fused-ring (bicyclic) bond motifs is 1. The van der Waals surface area contributed by atoms with Crippen LogP contribution in [0, 0.1) is 22.9 Å². The van der Waals surface area contributed by atoms with Crippen molar-refractivity contribution >= 4 is 40.7 Å². The molecule has 2 atom stereocenters. The topological polar surface area (TPSA) is 101 Å². The van der Waals surface area contributed by atoms with E-state index in [0.717, 1.165) is 11.0 Å². The van der Waals surface area contributed by atoms with Crippen LogP contribution in [0.3, 0.4) is 0 Å². The van der Waals surface area contributed by atoms with Gasteiger partial charge in [-0.15, -0.1) is 0 Å². The maximum atomic E-state index is 14.1. The smallest absolute Gasteiger partial charge is 0.282 e. The Bertz CT molecular complexity index is 1430. The van der Waals surface area contributed by atoms with Crippen molar-refractivity contribution in [1.82, 2.24) is 4.90 Å². The molecule has 3 aromatic carbocycles. The van der Waals surface area contributed by atoms with Gasteiger partial charge in [-0.1, -0.05) is 35.9 Å². The van der Waals surface area contributed by atoms with Gasteiger partial charge in [0.25, 0.3) is 23.4 Å². The third-order valence-electron chi connectivity index (χ3n) is 6.16.